The van der Waals surface area contributed by atoms with Crippen LogP contribution in [0.15, 0.2) is 6.07 Å². The maximum Gasteiger partial charge on any atom is 0.0219 e. The zero-order valence-corrected chi connectivity index (χ0v) is 12.8. The Hall–Kier alpha value is -0.860. The van der Waals surface area contributed by atoms with Gasteiger partial charge >= 0.3 is 0 Å². The molecule has 3 N–H and O–H groups in total. The first-order chi connectivity index (χ1) is 9.00. The molecule has 2 nitrogen and oxygen atoms in total. The second-order valence-electron chi connectivity index (χ2n) is 6.14. The van der Waals surface area contributed by atoms with E-state index in [1.807, 2.05) is 0 Å². The fourth-order valence-corrected chi connectivity index (χ4v) is 3.30. The van der Waals surface area contributed by atoms with Crippen LogP contribution in [-0.2, 0) is 6.42 Å². The zero-order chi connectivity index (χ0) is 14.0. The summed E-state index contributed by atoms with van der Waals surface area (Å²) in [4.78, 5) is 0. The lowest BCUT2D eigenvalue weighted by Crippen LogP contribution is -2.41. The highest BCUT2D eigenvalue weighted by Gasteiger charge is 2.22. The fourth-order valence-electron chi connectivity index (χ4n) is 3.30. The maximum atomic E-state index is 6.10. The molecule has 2 rings (SSSR count). The van der Waals surface area contributed by atoms with Gasteiger partial charge in [-0.05, 0) is 81.3 Å². The zero-order valence-electron chi connectivity index (χ0n) is 12.8. The van der Waals surface area contributed by atoms with Gasteiger partial charge in [-0.25, -0.2) is 0 Å². The Labute approximate surface area is 117 Å². The van der Waals surface area contributed by atoms with Gasteiger partial charge in [-0.3, -0.25) is 0 Å². The number of hydrogen-bond donors (Lipinski definition) is 2. The molecule has 1 aromatic rings. The molecule has 1 saturated carbocycles. The number of aryl methyl sites for hydroxylation is 2. The van der Waals surface area contributed by atoms with E-state index in [-0.39, 0.29) is 0 Å². The summed E-state index contributed by atoms with van der Waals surface area (Å²) >= 11 is 0. The van der Waals surface area contributed by atoms with Crippen molar-refractivity contribution < 1.29 is 0 Å². The van der Waals surface area contributed by atoms with Gasteiger partial charge in [-0.2, -0.15) is 0 Å². The van der Waals surface area contributed by atoms with Gasteiger partial charge < -0.3 is 11.1 Å². The lowest BCUT2D eigenvalue weighted by atomic mass is 9.92. The Bertz CT molecular complexity index is 425. The molecule has 1 aliphatic rings. The lowest BCUT2D eigenvalue weighted by molar-refractivity contribution is 0.479. The van der Waals surface area contributed by atoms with Crippen molar-refractivity contribution in [2.75, 3.05) is 6.54 Å². The minimum absolute atomic E-state index is 0.362. The average Bonchev–Trinajstić information content (AvgIpc) is 2.77. The molecule has 0 aromatic heterocycles. The van der Waals surface area contributed by atoms with Crippen LogP contribution in [0.4, 0.5) is 0 Å². The smallest absolute Gasteiger partial charge is 0.0219 e. The Morgan fingerprint density at radius 1 is 1.11 bits per heavy atom. The van der Waals surface area contributed by atoms with Crippen molar-refractivity contribution >= 4 is 0 Å². The van der Waals surface area contributed by atoms with Gasteiger partial charge in [0.05, 0.1) is 0 Å². The highest BCUT2D eigenvalue weighted by atomic mass is 15.0. The monoisotopic (exact) mass is 260 g/mol. The van der Waals surface area contributed by atoms with Gasteiger partial charge in [0, 0.05) is 12.1 Å². The molecule has 0 saturated heterocycles. The molecular weight excluding hydrogens is 232 g/mol. The lowest BCUT2D eigenvalue weighted by Gasteiger charge is -2.19. The van der Waals surface area contributed by atoms with Gasteiger partial charge in [-0.15, -0.1) is 0 Å². The summed E-state index contributed by atoms with van der Waals surface area (Å²) in [6.45, 7) is 9.97. The van der Waals surface area contributed by atoms with Crippen molar-refractivity contribution in [2.24, 2.45) is 5.73 Å². The number of nitrogens with two attached hydrogens (primary N) is 1. The highest BCUT2D eigenvalue weighted by Crippen LogP contribution is 2.22. The molecular formula is C17H28N2. The summed E-state index contributed by atoms with van der Waals surface area (Å²) in [6, 6.07) is 3.20. The minimum atomic E-state index is 0.362. The molecule has 1 aliphatic carbocycles. The SMILES string of the molecule is Cc1cc(C)c(C)c(CCNC2CCCC2N)c1C. The molecule has 0 radical (unpaired) electrons. The van der Waals surface area contributed by atoms with Gasteiger partial charge in [-0.1, -0.05) is 12.5 Å². The molecule has 1 aromatic carbocycles. The van der Waals surface area contributed by atoms with E-state index in [2.05, 4.69) is 39.1 Å². The Balaban J connectivity index is 1.99. The average molecular weight is 260 g/mol. The first-order valence-electron chi connectivity index (χ1n) is 7.56. The Morgan fingerprint density at radius 2 is 1.74 bits per heavy atom. The van der Waals surface area contributed by atoms with Crippen LogP contribution < -0.4 is 11.1 Å². The predicted octanol–water partition coefficient (Wildman–Crippen LogP) is 2.93. The second kappa shape index (κ2) is 6.06. The third kappa shape index (κ3) is 3.18. The first-order valence-corrected chi connectivity index (χ1v) is 7.56. The van der Waals surface area contributed by atoms with E-state index in [4.69, 9.17) is 5.73 Å². The third-order valence-electron chi connectivity index (χ3n) is 4.87. The summed E-state index contributed by atoms with van der Waals surface area (Å²) in [7, 11) is 0. The molecule has 19 heavy (non-hydrogen) atoms. The number of nitrogens with one attached hydrogen (secondary N) is 1. The second-order valence-corrected chi connectivity index (χ2v) is 6.14. The molecule has 106 valence electrons. The molecule has 0 heterocycles. The van der Waals surface area contributed by atoms with Gasteiger partial charge in [0.15, 0.2) is 0 Å². The topological polar surface area (TPSA) is 38.0 Å². The minimum Gasteiger partial charge on any atom is -0.326 e. The van der Waals surface area contributed by atoms with Crippen molar-refractivity contribution in [3.63, 3.8) is 0 Å². The van der Waals surface area contributed by atoms with E-state index in [0.29, 0.717) is 12.1 Å². The molecule has 2 atom stereocenters. The maximum absolute atomic E-state index is 6.10. The summed E-state index contributed by atoms with van der Waals surface area (Å²) in [5.41, 5.74) is 13.4. The van der Waals surface area contributed by atoms with E-state index in [1.165, 1.54) is 47.1 Å². The molecule has 1 fully saturated rings. The summed E-state index contributed by atoms with van der Waals surface area (Å²) in [5.74, 6) is 0. The summed E-state index contributed by atoms with van der Waals surface area (Å²) in [6.07, 6.45) is 4.81. The van der Waals surface area contributed by atoms with Crippen LogP contribution in [0.5, 0.6) is 0 Å². The third-order valence-corrected chi connectivity index (χ3v) is 4.87. The van der Waals surface area contributed by atoms with Crippen molar-refractivity contribution in [1.82, 2.24) is 5.32 Å². The molecule has 0 bridgehead atoms. The van der Waals surface area contributed by atoms with E-state index in [9.17, 15) is 0 Å². The predicted molar refractivity (Wildman–Crippen MR) is 82.7 cm³/mol. The Kier molecular flexibility index (Phi) is 4.64. The van der Waals surface area contributed by atoms with Crippen molar-refractivity contribution in [2.45, 2.75) is 65.5 Å². The van der Waals surface area contributed by atoms with Crippen LogP contribution in [0.3, 0.4) is 0 Å². The number of hydrogen-bond acceptors (Lipinski definition) is 2. The highest BCUT2D eigenvalue weighted by molar-refractivity contribution is 5.44. The van der Waals surface area contributed by atoms with E-state index >= 15 is 0 Å². The van der Waals surface area contributed by atoms with Crippen LogP contribution in [0.2, 0.25) is 0 Å². The van der Waals surface area contributed by atoms with Crippen molar-refractivity contribution in [3.8, 4) is 0 Å². The fraction of sp³-hybridized carbons (Fsp3) is 0.647. The largest absolute Gasteiger partial charge is 0.326 e. The molecule has 0 aliphatic heterocycles. The molecule has 0 amide bonds. The van der Waals surface area contributed by atoms with E-state index < -0.39 is 0 Å². The van der Waals surface area contributed by atoms with Crippen LogP contribution in [0.25, 0.3) is 0 Å². The van der Waals surface area contributed by atoms with Gasteiger partial charge in [0.1, 0.15) is 0 Å². The quantitative estimate of drug-likeness (QED) is 0.873. The number of benzene rings is 1. The van der Waals surface area contributed by atoms with Crippen molar-refractivity contribution in [3.05, 3.63) is 33.9 Å². The van der Waals surface area contributed by atoms with Crippen LogP contribution in [0, 0.1) is 27.7 Å². The summed E-state index contributed by atoms with van der Waals surface area (Å²) < 4.78 is 0. The van der Waals surface area contributed by atoms with Crippen LogP contribution in [0.1, 0.15) is 47.1 Å². The van der Waals surface area contributed by atoms with Gasteiger partial charge in [0.2, 0.25) is 0 Å². The van der Waals surface area contributed by atoms with Crippen LogP contribution in [-0.4, -0.2) is 18.6 Å². The molecule has 2 heteroatoms. The first kappa shape index (κ1) is 14.5. The van der Waals surface area contributed by atoms with Crippen LogP contribution >= 0.6 is 0 Å². The Morgan fingerprint density at radius 3 is 2.26 bits per heavy atom. The van der Waals surface area contributed by atoms with E-state index in [1.54, 1.807) is 0 Å². The van der Waals surface area contributed by atoms with E-state index in [0.717, 1.165) is 13.0 Å². The van der Waals surface area contributed by atoms with Crippen molar-refractivity contribution in [1.29, 1.82) is 0 Å². The normalized spacial score (nSPS) is 23.0. The number of rotatable bonds is 4. The summed E-state index contributed by atoms with van der Waals surface area (Å²) in [5, 5.41) is 3.65. The van der Waals surface area contributed by atoms with Gasteiger partial charge in [0.25, 0.3) is 0 Å². The standard InChI is InChI=1S/C17H28N2/c1-11-10-12(2)14(4)15(13(11)3)8-9-19-17-7-5-6-16(17)18/h10,16-17,19H,5-9,18H2,1-4H3. The molecule has 2 unspecified atom stereocenters. The molecule has 0 spiro atoms.